The van der Waals surface area contributed by atoms with Gasteiger partial charge in [0.1, 0.15) is 0 Å². The predicted octanol–water partition coefficient (Wildman–Crippen LogP) is 4.37. The van der Waals surface area contributed by atoms with Crippen molar-refractivity contribution < 1.29 is 0 Å². The minimum absolute atomic E-state index is 0.679. The smallest absolute Gasteiger partial charge is 0.0574 e. The maximum atomic E-state index is 6.03. The molecule has 2 rings (SSSR count). The van der Waals surface area contributed by atoms with Crippen molar-refractivity contribution in [2.75, 3.05) is 10.3 Å². The number of benzene rings is 2. The highest BCUT2D eigenvalue weighted by Gasteiger charge is 2.02. The van der Waals surface area contributed by atoms with E-state index in [1.54, 1.807) is 0 Å². The quantitative estimate of drug-likeness (QED) is 0.472. The van der Waals surface area contributed by atoms with Gasteiger partial charge in [-0.05, 0) is 48.9 Å². The van der Waals surface area contributed by atoms with Crippen LogP contribution in [-0.2, 0) is 0 Å². The van der Waals surface area contributed by atoms with E-state index in [9.17, 15) is 0 Å². The number of allylic oxidation sites excluding steroid dienone is 2. The molecule has 0 radical (unpaired) electrons. The van der Waals surface area contributed by atoms with E-state index in [0.717, 1.165) is 17.1 Å². The van der Waals surface area contributed by atoms with Gasteiger partial charge in [0.2, 0.25) is 0 Å². The number of nitrogens with one attached hydrogen (secondary N) is 1. The minimum atomic E-state index is 0.679. The number of hydrogen-bond acceptors (Lipinski definition) is 3. The second-order valence-corrected chi connectivity index (χ2v) is 5.05. The van der Waals surface area contributed by atoms with Crippen LogP contribution in [0.25, 0.3) is 0 Å². The summed E-state index contributed by atoms with van der Waals surface area (Å²) >= 11 is 0. The van der Waals surface area contributed by atoms with Crippen molar-refractivity contribution in [3.8, 4) is 0 Å². The first-order chi connectivity index (χ1) is 10.6. The lowest BCUT2D eigenvalue weighted by atomic mass is 10.2. The Morgan fingerprint density at radius 3 is 2.45 bits per heavy atom. The van der Waals surface area contributed by atoms with Crippen molar-refractivity contribution in [3.05, 3.63) is 96.9 Å². The van der Waals surface area contributed by atoms with E-state index in [1.165, 1.54) is 10.6 Å². The van der Waals surface area contributed by atoms with E-state index in [1.807, 2.05) is 54.6 Å². The molecule has 112 valence electrons. The molecular weight excluding hydrogens is 270 g/mol. The third-order valence-corrected chi connectivity index (χ3v) is 3.14. The summed E-state index contributed by atoms with van der Waals surface area (Å²) in [5.74, 6) is 6.03. The third kappa shape index (κ3) is 4.36. The molecule has 0 atom stereocenters. The molecule has 0 amide bonds. The third-order valence-electron chi connectivity index (χ3n) is 3.14. The van der Waals surface area contributed by atoms with Crippen LogP contribution in [0.5, 0.6) is 0 Å². The van der Waals surface area contributed by atoms with Gasteiger partial charge in [-0.2, -0.15) is 0 Å². The number of para-hydroxylation sites is 1. The molecule has 0 fully saturated rings. The fourth-order valence-electron chi connectivity index (χ4n) is 1.98. The van der Waals surface area contributed by atoms with E-state index in [-0.39, 0.29) is 0 Å². The Morgan fingerprint density at radius 1 is 1.05 bits per heavy atom. The molecule has 0 aliphatic rings. The zero-order valence-corrected chi connectivity index (χ0v) is 12.8. The molecule has 0 saturated carbocycles. The molecule has 2 aromatic carbocycles. The van der Waals surface area contributed by atoms with E-state index >= 15 is 0 Å². The molecule has 0 aliphatic carbocycles. The van der Waals surface area contributed by atoms with Gasteiger partial charge in [0.25, 0.3) is 0 Å². The number of aryl methyl sites for hydroxylation is 1. The second kappa shape index (κ2) is 7.29. The van der Waals surface area contributed by atoms with Crippen LogP contribution in [0.15, 0.2) is 91.3 Å². The number of hydrogen-bond donors (Lipinski definition) is 2. The zero-order valence-electron chi connectivity index (χ0n) is 12.8. The molecule has 22 heavy (non-hydrogen) atoms. The highest BCUT2D eigenvalue weighted by molar-refractivity contribution is 5.54. The van der Waals surface area contributed by atoms with Gasteiger partial charge in [-0.25, -0.2) is 5.84 Å². The molecular formula is C19H21N3. The molecule has 3 nitrogen and oxygen atoms in total. The first kappa shape index (κ1) is 15.6. The lowest BCUT2D eigenvalue weighted by molar-refractivity contribution is 1.03. The molecule has 0 aromatic heterocycles. The highest BCUT2D eigenvalue weighted by atomic mass is 15.4. The van der Waals surface area contributed by atoms with E-state index in [2.05, 4.69) is 37.5 Å². The number of anilines is 2. The number of rotatable bonds is 6. The molecule has 0 unspecified atom stereocenters. The van der Waals surface area contributed by atoms with Gasteiger partial charge in [0.15, 0.2) is 0 Å². The van der Waals surface area contributed by atoms with Gasteiger partial charge in [0, 0.05) is 11.4 Å². The molecule has 0 heterocycles. The Hall–Kier alpha value is -2.78. The molecule has 2 aromatic rings. The Bertz CT molecular complexity index is 687. The van der Waals surface area contributed by atoms with Crippen LogP contribution in [0.4, 0.5) is 11.4 Å². The van der Waals surface area contributed by atoms with Crippen LogP contribution >= 0.6 is 0 Å². The maximum Gasteiger partial charge on any atom is 0.0574 e. The summed E-state index contributed by atoms with van der Waals surface area (Å²) in [6.45, 7) is 10.0. The van der Waals surface area contributed by atoms with E-state index in [4.69, 9.17) is 5.84 Å². The Labute approximate surface area is 132 Å². The van der Waals surface area contributed by atoms with Crippen LogP contribution < -0.4 is 16.2 Å². The van der Waals surface area contributed by atoms with E-state index < -0.39 is 0 Å². The molecule has 0 aliphatic heterocycles. The van der Waals surface area contributed by atoms with Gasteiger partial charge < -0.3 is 5.32 Å². The van der Waals surface area contributed by atoms with Crippen molar-refractivity contribution in [1.82, 2.24) is 0 Å². The van der Waals surface area contributed by atoms with Crippen LogP contribution in [-0.4, -0.2) is 0 Å². The van der Waals surface area contributed by atoms with Gasteiger partial charge in [-0.3, -0.25) is 5.01 Å². The summed E-state index contributed by atoms with van der Waals surface area (Å²) in [5, 5.41) is 4.77. The predicted molar refractivity (Wildman–Crippen MR) is 95.3 cm³/mol. The number of nitrogens with two attached hydrogens (primary N) is 1. The summed E-state index contributed by atoms with van der Waals surface area (Å²) in [4.78, 5) is 0. The Balaban J connectivity index is 1.96. The van der Waals surface area contributed by atoms with Crippen molar-refractivity contribution in [2.24, 2.45) is 5.84 Å². The van der Waals surface area contributed by atoms with Crippen molar-refractivity contribution in [2.45, 2.75) is 6.92 Å². The SMILES string of the molecule is C=C(/C=C\C(=C)N(N)c1ccccc1)Nc1cccc(C)c1. The lowest BCUT2D eigenvalue weighted by Crippen LogP contribution is -2.28. The number of hydrazine groups is 1. The minimum Gasteiger partial charge on any atom is -0.356 e. The van der Waals surface area contributed by atoms with Gasteiger partial charge >= 0.3 is 0 Å². The van der Waals surface area contributed by atoms with Gasteiger partial charge in [0.05, 0.1) is 11.4 Å². The maximum absolute atomic E-state index is 6.03. The van der Waals surface area contributed by atoms with Crippen LogP contribution in [0.2, 0.25) is 0 Å². The summed E-state index contributed by atoms with van der Waals surface area (Å²) in [5.41, 5.74) is 4.54. The monoisotopic (exact) mass is 291 g/mol. The highest BCUT2D eigenvalue weighted by Crippen LogP contribution is 2.16. The normalized spacial score (nSPS) is 10.5. The fraction of sp³-hybridized carbons (Fsp3) is 0.0526. The average molecular weight is 291 g/mol. The zero-order chi connectivity index (χ0) is 15.9. The molecule has 3 heteroatoms. The Morgan fingerprint density at radius 2 is 1.77 bits per heavy atom. The molecule has 0 bridgehead atoms. The first-order valence-electron chi connectivity index (χ1n) is 7.06. The summed E-state index contributed by atoms with van der Waals surface area (Å²) < 4.78 is 0. The first-order valence-corrected chi connectivity index (χ1v) is 7.06. The van der Waals surface area contributed by atoms with Crippen LogP contribution in [0, 0.1) is 6.92 Å². The van der Waals surface area contributed by atoms with Crippen LogP contribution in [0.3, 0.4) is 0 Å². The average Bonchev–Trinajstić information content (AvgIpc) is 2.52. The summed E-state index contributed by atoms with van der Waals surface area (Å²) in [6.07, 6.45) is 3.69. The summed E-state index contributed by atoms with van der Waals surface area (Å²) in [6, 6.07) is 17.8. The van der Waals surface area contributed by atoms with Crippen molar-refractivity contribution in [1.29, 1.82) is 0 Å². The van der Waals surface area contributed by atoms with Gasteiger partial charge in [-0.1, -0.05) is 43.5 Å². The standard InChI is InChI=1S/C19H21N3/c1-15-8-7-9-18(14-15)21-16(2)12-13-17(3)22(20)19-10-5-4-6-11-19/h4-14,21H,2-3,20H2,1H3/b13-12-. The number of nitrogens with zero attached hydrogens (tertiary/aromatic N) is 1. The second-order valence-electron chi connectivity index (χ2n) is 5.05. The van der Waals surface area contributed by atoms with Gasteiger partial charge in [-0.15, -0.1) is 0 Å². The molecule has 3 N–H and O–H groups in total. The van der Waals surface area contributed by atoms with Crippen molar-refractivity contribution >= 4 is 11.4 Å². The van der Waals surface area contributed by atoms with E-state index in [0.29, 0.717) is 5.70 Å². The Kier molecular flexibility index (Phi) is 5.17. The topological polar surface area (TPSA) is 41.3 Å². The fourth-order valence-corrected chi connectivity index (χ4v) is 1.98. The largest absolute Gasteiger partial charge is 0.356 e. The molecule has 0 spiro atoms. The lowest BCUT2D eigenvalue weighted by Gasteiger charge is -2.18. The van der Waals surface area contributed by atoms with Crippen LogP contribution in [0.1, 0.15) is 5.56 Å². The molecule has 0 saturated heterocycles. The summed E-state index contributed by atoms with van der Waals surface area (Å²) in [7, 11) is 0. The van der Waals surface area contributed by atoms with Crippen molar-refractivity contribution in [3.63, 3.8) is 0 Å².